The lowest BCUT2D eigenvalue weighted by atomic mass is 10.1. The molecule has 1 rings (SSSR count). The summed E-state index contributed by atoms with van der Waals surface area (Å²) in [4.78, 5) is 10.3. The molecule has 0 amide bonds. The van der Waals surface area contributed by atoms with Gasteiger partial charge in [0.05, 0.1) is 11.5 Å². The van der Waals surface area contributed by atoms with E-state index in [2.05, 4.69) is 10.1 Å². The van der Waals surface area contributed by atoms with Crippen molar-refractivity contribution < 1.29 is 22.8 Å². The van der Waals surface area contributed by atoms with Gasteiger partial charge in [-0.3, -0.25) is 10.1 Å². The van der Waals surface area contributed by atoms with E-state index in [9.17, 15) is 23.3 Å². The number of hydrogen-bond acceptors (Lipinski definition) is 4. The zero-order chi connectivity index (χ0) is 14.5. The molecule has 1 N–H and O–H groups in total. The molecule has 1 aromatic carbocycles. The molecule has 0 saturated carbocycles. The summed E-state index contributed by atoms with van der Waals surface area (Å²) in [6.07, 6.45) is -4.37. The summed E-state index contributed by atoms with van der Waals surface area (Å²) in [5, 5.41) is 13.5. The van der Waals surface area contributed by atoms with Crippen molar-refractivity contribution in [3.05, 3.63) is 33.9 Å². The second kappa shape index (κ2) is 6.37. The van der Waals surface area contributed by atoms with E-state index in [1.54, 1.807) is 19.1 Å². The Labute approximate surface area is 107 Å². The number of nitrogens with one attached hydrogen (secondary N) is 1. The summed E-state index contributed by atoms with van der Waals surface area (Å²) < 4.78 is 39.8. The first-order chi connectivity index (χ1) is 8.81. The molecular formula is C11H13F3N2O3. The maximum absolute atomic E-state index is 11.8. The second-order valence-corrected chi connectivity index (χ2v) is 3.82. The standard InChI is InChI=1S/C11H13F3N2O3/c1-8-3-2-4-9(10(8)16(17)18)15-5-6-19-7-11(12,13)14/h2-4,15H,5-7H2,1H3. The van der Waals surface area contributed by atoms with Gasteiger partial charge in [0.15, 0.2) is 0 Å². The third-order valence-corrected chi connectivity index (χ3v) is 2.25. The van der Waals surface area contributed by atoms with Crippen LogP contribution >= 0.6 is 0 Å². The van der Waals surface area contributed by atoms with Gasteiger partial charge in [-0.2, -0.15) is 13.2 Å². The van der Waals surface area contributed by atoms with E-state index in [-0.39, 0.29) is 24.5 Å². The highest BCUT2D eigenvalue weighted by Gasteiger charge is 2.27. The van der Waals surface area contributed by atoms with Gasteiger partial charge in [0.1, 0.15) is 12.3 Å². The summed E-state index contributed by atoms with van der Waals surface area (Å²) in [5.74, 6) is 0. The Morgan fingerprint density at radius 3 is 2.68 bits per heavy atom. The Morgan fingerprint density at radius 1 is 1.42 bits per heavy atom. The number of para-hydroxylation sites is 1. The number of benzene rings is 1. The maximum Gasteiger partial charge on any atom is 0.411 e. The number of ether oxygens (including phenoxy) is 1. The van der Waals surface area contributed by atoms with E-state index in [1.807, 2.05) is 0 Å². The van der Waals surface area contributed by atoms with Crippen molar-refractivity contribution >= 4 is 11.4 Å². The highest BCUT2D eigenvalue weighted by atomic mass is 19.4. The minimum absolute atomic E-state index is 0.0559. The molecule has 106 valence electrons. The SMILES string of the molecule is Cc1cccc(NCCOCC(F)(F)F)c1[N+](=O)[O-]. The number of nitrogens with zero attached hydrogens (tertiary/aromatic N) is 1. The third-order valence-electron chi connectivity index (χ3n) is 2.25. The number of aryl methyl sites for hydroxylation is 1. The van der Waals surface area contributed by atoms with Crippen LogP contribution in [-0.4, -0.2) is 30.9 Å². The average Bonchev–Trinajstić information content (AvgIpc) is 2.26. The highest BCUT2D eigenvalue weighted by Crippen LogP contribution is 2.27. The number of nitro groups is 1. The van der Waals surface area contributed by atoms with E-state index < -0.39 is 17.7 Å². The molecule has 0 radical (unpaired) electrons. The number of anilines is 1. The van der Waals surface area contributed by atoms with Gasteiger partial charge in [-0.15, -0.1) is 0 Å². The number of nitro benzene ring substituents is 1. The fourth-order valence-electron chi connectivity index (χ4n) is 1.49. The molecule has 0 bridgehead atoms. The van der Waals surface area contributed by atoms with Crippen LogP contribution in [0.1, 0.15) is 5.56 Å². The first kappa shape index (κ1) is 15.2. The topological polar surface area (TPSA) is 64.4 Å². The summed E-state index contributed by atoms with van der Waals surface area (Å²) >= 11 is 0. The maximum atomic E-state index is 11.8. The number of hydrogen-bond donors (Lipinski definition) is 1. The van der Waals surface area contributed by atoms with Gasteiger partial charge >= 0.3 is 6.18 Å². The van der Waals surface area contributed by atoms with E-state index in [0.29, 0.717) is 5.56 Å². The van der Waals surface area contributed by atoms with Gasteiger partial charge < -0.3 is 10.1 Å². The highest BCUT2D eigenvalue weighted by molar-refractivity contribution is 5.64. The predicted octanol–water partition coefficient (Wildman–Crippen LogP) is 2.89. The normalized spacial score (nSPS) is 11.4. The predicted molar refractivity (Wildman–Crippen MR) is 63.2 cm³/mol. The molecule has 8 heteroatoms. The molecule has 0 aliphatic carbocycles. The van der Waals surface area contributed by atoms with Gasteiger partial charge in [-0.1, -0.05) is 12.1 Å². The number of halogens is 3. The molecular weight excluding hydrogens is 265 g/mol. The van der Waals surface area contributed by atoms with Crippen molar-refractivity contribution in [1.29, 1.82) is 0 Å². The Bertz CT molecular complexity index is 449. The van der Waals surface area contributed by atoms with Crippen LogP contribution in [0.2, 0.25) is 0 Å². The smallest absolute Gasteiger partial charge is 0.377 e. The van der Waals surface area contributed by atoms with Crippen LogP contribution < -0.4 is 5.32 Å². The fraction of sp³-hybridized carbons (Fsp3) is 0.455. The lowest BCUT2D eigenvalue weighted by Gasteiger charge is -2.10. The first-order valence-corrected chi connectivity index (χ1v) is 5.43. The zero-order valence-corrected chi connectivity index (χ0v) is 10.2. The van der Waals surface area contributed by atoms with Crippen molar-refractivity contribution in [2.24, 2.45) is 0 Å². The molecule has 0 saturated heterocycles. The van der Waals surface area contributed by atoms with Crippen LogP contribution in [0.15, 0.2) is 18.2 Å². The number of alkyl halides is 3. The number of rotatable bonds is 6. The molecule has 0 fully saturated rings. The third kappa shape index (κ3) is 5.12. The van der Waals surface area contributed by atoms with Gasteiger partial charge in [0.25, 0.3) is 5.69 Å². The van der Waals surface area contributed by atoms with Crippen LogP contribution in [0.25, 0.3) is 0 Å². The Kier molecular flexibility index (Phi) is 5.11. The van der Waals surface area contributed by atoms with Crippen LogP contribution in [0.3, 0.4) is 0 Å². The summed E-state index contributed by atoms with van der Waals surface area (Å²) in [6, 6.07) is 4.71. The molecule has 0 heterocycles. The van der Waals surface area contributed by atoms with Gasteiger partial charge in [-0.25, -0.2) is 0 Å². The van der Waals surface area contributed by atoms with E-state index >= 15 is 0 Å². The minimum atomic E-state index is -4.37. The van der Waals surface area contributed by atoms with Crippen molar-refractivity contribution in [3.63, 3.8) is 0 Å². The van der Waals surface area contributed by atoms with Gasteiger partial charge in [-0.05, 0) is 13.0 Å². The molecule has 19 heavy (non-hydrogen) atoms. The fourth-order valence-corrected chi connectivity index (χ4v) is 1.49. The average molecular weight is 278 g/mol. The van der Waals surface area contributed by atoms with Gasteiger partial charge in [0, 0.05) is 12.1 Å². The molecule has 0 spiro atoms. The summed E-state index contributed by atoms with van der Waals surface area (Å²) in [6.45, 7) is 0.124. The largest absolute Gasteiger partial charge is 0.411 e. The van der Waals surface area contributed by atoms with E-state index in [4.69, 9.17) is 0 Å². The molecule has 0 aliphatic heterocycles. The lowest BCUT2D eigenvalue weighted by molar-refractivity contribution is -0.384. The minimum Gasteiger partial charge on any atom is -0.377 e. The quantitative estimate of drug-likeness (QED) is 0.493. The zero-order valence-electron chi connectivity index (χ0n) is 10.2. The summed E-state index contributed by atoms with van der Waals surface area (Å²) in [7, 11) is 0. The van der Waals surface area contributed by atoms with Gasteiger partial charge in [0.2, 0.25) is 0 Å². The molecule has 5 nitrogen and oxygen atoms in total. The van der Waals surface area contributed by atoms with E-state index in [0.717, 1.165) is 0 Å². The monoisotopic (exact) mass is 278 g/mol. The molecule has 0 aromatic heterocycles. The van der Waals surface area contributed by atoms with Crippen LogP contribution in [0.4, 0.5) is 24.5 Å². The lowest BCUT2D eigenvalue weighted by Crippen LogP contribution is -2.20. The van der Waals surface area contributed by atoms with Crippen molar-refractivity contribution in [2.75, 3.05) is 25.1 Å². The summed E-state index contributed by atoms with van der Waals surface area (Å²) in [5.41, 5.74) is 0.658. The molecule has 0 aliphatic rings. The Hall–Kier alpha value is -1.83. The second-order valence-electron chi connectivity index (χ2n) is 3.82. The first-order valence-electron chi connectivity index (χ1n) is 5.43. The Balaban J connectivity index is 2.50. The van der Waals surface area contributed by atoms with Crippen LogP contribution in [0.5, 0.6) is 0 Å². The van der Waals surface area contributed by atoms with Crippen LogP contribution in [0, 0.1) is 17.0 Å². The van der Waals surface area contributed by atoms with E-state index in [1.165, 1.54) is 6.07 Å². The molecule has 0 atom stereocenters. The molecule has 1 aromatic rings. The van der Waals surface area contributed by atoms with Crippen LogP contribution in [-0.2, 0) is 4.74 Å². The van der Waals surface area contributed by atoms with Crippen molar-refractivity contribution in [1.82, 2.24) is 0 Å². The van der Waals surface area contributed by atoms with Crippen molar-refractivity contribution in [2.45, 2.75) is 13.1 Å². The van der Waals surface area contributed by atoms with Crippen molar-refractivity contribution in [3.8, 4) is 0 Å². The molecule has 0 unspecified atom stereocenters. The Morgan fingerprint density at radius 2 is 2.11 bits per heavy atom.